The minimum Gasteiger partial charge on any atom is -0.502 e. The van der Waals surface area contributed by atoms with E-state index < -0.39 is 17.1 Å². The summed E-state index contributed by atoms with van der Waals surface area (Å²) in [5.74, 6) is -0.670. The number of halogens is 1. The molecule has 3 rings (SSSR count). The molecule has 1 fully saturated rings. The van der Waals surface area contributed by atoms with Crippen molar-refractivity contribution in [3.05, 3.63) is 62.7 Å². The lowest BCUT2D eigenvalue weighted by atomic mass is 9.91. The Morgan fingerprint density at radius 3 is 2.58 bits per heavy atom. The average Bonchev–Trinajstić information content (AvgIpc) is 2.64. The van der Waals surface area contributed by atoms with Gasteiger partial charge in [-0.15, -0.1) is 0 Å². The molecule has 0 unspecified atom stereocenters. The first-order chi connectivity index (χ1) is 12.5. The molecule has 2 aromatic rings. The molecule has 1 aliphatic heterocycles. The maximum Gasteiger partial charge on any atom is 0.227 e. The monoisotopic (exact) mass is 377 g/mol. The van der Waals surface area contributed by atoms with Gasteiger partial charge in [0, 0.05) is 30.6 Å². The number of ether oxygens (including phenoxy) is 1. The number of benzene rings is 1. The molecule has 1 atom stereocenters. The van der Waals surface area contributed by atoms with E-state index in [0.29, 0.717) is 37.1 Å². The predicted octanol–water partition coefficient (Wildman–Crippen LogP) is 2.69. The molecule has 1 N–H and O–H groups in total. The lowest BCUT2D eigenvalue weighted by Crippen LogP contribution is -2.41. The second kappa shape index (κ2) is 7.93. The number of rotatable bonds is 4. The Hall–Kier alpha value is -2.31. The van der Waals surface area contributed by atoms with Crippen molar-refractivity contribution in [2.45, 2.75) is 19.3 Å². The van der Waals surface area contributed by atoms with Crippen molar-refractivity contribution in [2.75, 3.05) is 26.3 Å². The van der Waals surface area contributed by atoms with E-state index in [2.05, 4.69) is 0 Å². The van der Waals surface area contributed by atoms with Crippen LogP contribution in [-0.4, -0.2) is 42.2 Å². The number of carbonyl (C=O) groups is 1. The number of hydrogen-bond acceptors (Lipinski definition) is 5. The summed E-state index contributed by atoms with van der Waals surface area (Å²) in [4.78, 5) is 26.5. The Balaban J connectivity index is 1.98. The summed E-state index contributed by atoms with van der Waals surface area (Å²) in [6.07, 6.45) is 0.0710. The van der Waals surface area contributed by atoms with Gasteiger partial charge >= 0.3 is 0 Å². The lowest BCUT2D eigenvalue weighted by molar-refractivity contribution is -0.135. The van der Waals surface area contributed by atoms with E-state index in [1.807, 2.05) is 0 Å². The van der Waals surface area contributed by atoms with Gasteiger partial charge in [0.1, 0.15) is 5.76 Å². The number of carbonyl (C=O) groups excluding carboxylic acids is 1. The van der Waals surface area contributed by atoms with Gasteiger partial charge in [0.25, 0.3) is 0 Å². The first-order valence-electron chi connectivity index (χ1n) is 8.40. The Morgan fingerprint density at radius 2 is 1.92 bits per heavy atom. The summed E-state index contributed by atoms with van der Waals surface area (Å²) in [6, 6.07) is 8.16. The standard InChI is InChI=1S/C19H20ClNO5/c1-12-10-16(22)18(24)19(26-12)15(13-2-4-14(20)5-3-13)11-17(23)21-6-8-25-9-7-21/h2-5,10,15,24H,6-9,11H2,1H3/t15-/m1/s1. The smallest absolute Gasteiger partial charge is 0.227 e. The number of hydrogen-bond donors (Lipinski definition) is 1. The van der Waals surface area contributed by atoms with Crippen LogP contribution in [0.1, 0.15) is 29.4 Å². The van der Waals surface area contributed by atoms with Crippen molar-refractivity contribution in [2.24, 2.45) is 0 Å². The van der Waals surface area contributed by atoms with Crippen molar-refractivity contribution in [1.82, 2.24) is 4.90 Å². The molecule has 1 aromatic heterocycles. The summed E-state index contributed by atoms with van der Waals surface area (Å²) in [5, 5.41) is 10.8. The van der Waals surface area contributed by atoms with Crippen molar-refractivity contribution in [1.29, 1.82) is 0 Å². The SMILES string of the molecule is Cc1cc(=O)c(O)c([C@H](CC(=O)N2CCOCC2)c2ccc(Cl)cc2)o1. The molecule has 7 heteroatoms. The van der Waals surface area contributed by atoms with Crippen LogP contribution in [0.5, 0.6) is 5.75 Å². The van der Waals surface area contributed by atoms with Crippen LogP contribution in [0.2, 0.25) is 5.02 Å². The minimum atomic E-state index is -0.588. The zero-order valence-electron chi connectivity index (χ0n) is 14.4. The molecule has 26 heavy (non-hydrogen) atoms. The summed E-state index contributed by atoms with van der Waals surface area (Å²) in [6.45, 7) is 3.68. The fourth-order valence-electron chi connectivity index (χ4n) is 3.04. The van der Waals surface area contributed by atoms with Gasteiger partial charge in [-0.3, -0.25) is 9.59 Å². The van der Waals surface area contributed by atoms with Crippen LogP contribution in [0.15, 0.2) is 39.5 Å². The Morgan fingerprint density at radius 1 is 1.27 bits per heavy atom. The molecule has 1 aromatic carbocycles. The molecule has 0 spiro atoms. The molecule has 2 heterocycles. The molecule has 0 bridgehead atoms. The molecular formula is C19H20ClNO5. The summed E-state index contributed by atoms with van der Waals surface area (Å²) < 4.78 is 10.9. The zero-order valence-corrected chi connectivity index (χ0v) is 15.2. The number of nitrogens with zero attached hydrogens (tertiary/aromatic N) is 1. The number of amides is 1. The van der Waals surface area contributed by atoms with E-state index in [1.165, 1.54) is 6.07 Å². The third-order valence-corrected chi connectivity index (χ3v) is 4.66. The molecule has 1 saturated heterocycles. The molecule has 0 radical (unpaired) electrons. The highest BCUT2D eigenvalue weighted by molar-refractivity contribution is 6.30. The normalized spacial score (nSPS) is 15.7. The van der Waals surface area contributed by atoms with Gasteiger partial charge < -0.3 is 19.2 Å². The van der Waals surface area contributed by atoms with Gasteiger partial charge in [0.2, 0.25) is 17.1 Å². The van der Waals surface area contributed by atoms with Gasteiger partial charge in [-0.05, 0) is 24.6 Å². The first-order valence-corrected chi connectivity index (χ1v) is 8.78. The van der Waals surface area contributed by atoms with E-state index in [-0.39, 0.29) is 18.1 Å². The van der Waals surface area contributed by atoms with Crippen molar-refractivity contribution in [3.8, 4) is 5.75 Å². The van der Waals surface area contributed by atoms with Crippen LogP contribution in [-0.2, 0) is 9.53 Å². The summed E-state index contributed by atoms with van der Waals surface area (Å²) >= 11 is 5.96. The highest BCUT2D eigenvalue weighted by Gasteiger charge is 2.28. The summed E-state index contributed by atoms with van der Waals surface area (Å²) in [7, 11) is 0. The third-order valence-electron chi connectivity index (χ3n) is 4.40. The Bertz CT molecular complexity index is 840. The van der Waals surface area contributed by atoms with Crippen LogP contribution < -0.4 is 5.43 Å². The van der Waals surface area contributed by atoms with Gasteiger partial charge in [-0.1, -0.05) is 23.7 Å². The fraction of sp³-hybridized carbons (Fsp3) is 0.368. The fourth-order valence-corrected chi connectivity index (χ4v) is 3.16. The maximum atomic E-state index is 12.7. The number of morpholine rings is 1. The molecule has 138 valence electrons. The lowest BCUT2D eigenvalue weighted by Gasteiger charge is -2.28. The topological polar surface area (TPSA) is 80.0 Å². The quantitative estimate of drug-likeness (QED) is 0.886. The Labute approximate surface area is 156 Å². The number of aryl methyl sites for hydroxylation is 1. The predicted molar refractivity (Wildman–Crippen MR) is 96.7 cm³/mol. The summed E-state index contributed by atoms with van der Waals surface area (Å²) in [5.41, 5.74) is 0.210. The van der Waals surface area contributed by atoms with Gasteiger partial charge in [-0.25, -0.2) is 0 Å². The largest absolute Gasteiger partial charge is 0.502 e. The van der Waals surface area contributed by atoms with Crippen LogP contribution in [0.25, 0.3) is 0 Å². The van der Waals surface area contributed by atoms with Crippen LogP contribution in [0.3, 0.4) is 0 Å². The second-order valence-electron chi connectivity index (χ2n) is 6.24. The highest BCUT2D eigenvalue weighted by Crippen LogP contribution is 2.34. The van der Waals surface area contributed by atoms with Crippen molar-refractivity contribution in [3.63, 3.8) is 0 Å². The molecule has 6 nitrogen and oxygen atoms in total. The van der Waals surface area contributed by atoms with Crippen LogP contribution in [0.4, 0.5) is 0 Å². The van der Waals surface area contributed by atoms with Crippen LogP contribution in [0, 0.1) is 6.92 Å². The number of aromatic hydroxyl groups is 1. The van der Waals surface area contributed by atoms with Crippen molar-refractivity contribution < 1.29 is 19.1 Å². The maximum absolute atomic E-state index is 12.7. The minimum absolute atomic E-state index is 0.0710. The molecule has 1 amide bonds. The zero-order chi connectivity index (χ0) is 18.7. The Kier molecular flexibility index (Phi) is 5.64. The molecule has 0 saturated carbocycles. The van der Waals surface area contributed by atoms with E-state index in [4.69, 9.17) is 20.8 Å². The van der Waals surface area contributed by atoms with Gasteiger partial charge in [0.15, 0.2) is 5.76 Å². The molecule has 0 aliphatic carbocycles. The first kappa shape index (κ1) is 18.5. The van der Waals surface area contributed by atoms with E-state index in [0.717, 1.165) is 5.56 Å². The molecule has 1 aliphatic rings. The van der Waals surface area contributed by atoms with Crippen molar-refractivity contribution >= 4 is 17.5 Å². The second-order valence-corrected chi connectivity index (χ2v) is 6.67. The van der Waals surface area contributed by atoms with Crippen LogP contribution >= 0.6 is 11.6 Å². The van der Waals surface area contributed by atoms with E-state index >= 15 is 0 Å². The van der Waals surface area contributed by atoms with E-state index in [1.54, 1.807) is 36.1 Å². The van der Waals surface area contributed by atoms with Gasteiger partial charge in [-0.2, -0.15) is 0 Å². The molecular weight excluding hydrogens is 358 g/mol. The van der Waals surface area contributed by atoms with E-state index in [9.17, 15) is 14.7 Å². The van der Waals surface area contributed by atoms with Gasteiger partial charge in [0.05, 0.1) is 19.1 Å². The highest BCUT2D eigenvalue weighted by atomic mass is 35.5. The average molecular weight is 378 g/mol. The third kappa shape index (κ3) is 4.08.